The van der Waals surface area contributed by atoms with Crippen LogP contribution in [-0.2, 0) is 16.0 Å². The number of aryl methyl sites for hydroxylation is 1. The molecule has 0 aromatic heterocycles. The van der Waals surface area contributed by atoms with Crippen LogP contribution in [0.3, 0.4) is 0 Å². The Kier molecular flexibility index (Phi) is 2.25. The molecule has 0 saturated heterocycles. The van der Waals surface area contributed by atoms with Crippen molar-refractivity contribution in [1.82, 2.24) is 0 Å². The van der Waals surface area contributed by atoms with Gasteiger partial charge in [0, 0.05) is 0 Å². The lowest BCUT2D eigenvalue weighted by Crippen LogP contribution is -2.28. The van der Waals surface area contributed by atoms with E-state index in [-0.39, 0.29) is 0 Å². The number of primary amides is 1. The van der Waals surface area contributed by atoms with Gasteiger partial charge in [-0.1, -0.05) is 23.8 Å². The molecule has 74 valence electrons. The molecule has 2 rings (SSSR count). The molecular weight excluding hydrogens is 178 g/mol. The number of hydrogen-bond acceptors (Lipinski definition) is 2. The average molecular weight is 191 g/mol. The van der Waals surface area contributed by atoms with E-state index in [9.17, 15) is 4.79 Å². The Morgan fingerprint density at radius 3 is 3.07 bits per heavy atom. The van der Waals surface area contributed by atoms with E-state index in [4.69, 9.17) is 10.5 Å². The van der Waals surface area contributed by atoms with Gasteiger partial charge in [0.05, 0.1) is 6.61 Å². The van der Waals surface area contributed by atoms with E-state index < -0.39 is 12.0 Å². The Morgan fingerprint density at radius 2 is 2.36 bits per heavy atom. The van der Waals surface area contributed by atoms with Gasteiger partial charge >= 0.3 is 0 Å². The Balaban J connectivity index is 2.46. The normalized spacial score (nSPS) is 20.2. The number of fused-ring (bicyclic) bond motifs is 1. The van der Waals surface area contributed by atoms with E-state index in [1.165, 1.54) is 5.56 Å². The fourth-order valence-corrected chi connectivity index (χ4v) is 1.80. The van der Waals surface area contributed by atoms with Crippen LogP contribution >= 0.6 is 0 Å². The molecule has 3 heteroatoms. The molecule has 2 N–H and O–H groups in total. The molecule has 0 spiro atoms. The van der Waals surface area contributed by atoms with E-state index in [2.05, 4.69) is 0 Å². The highest BCUT2D eigenvalue weighted by Crippen LogP contribution is 2.27. The van der Waals surface area contributed by atoms with Crippen LogP contribution in [0.4, 0.5) is 0 Å². The number of carbonyl (C=O) groups excluding carboxylic acids is 1. The fraction of sp³-hybridized carbons (Fsp3) is 0.364. The summed E-state index contributed by atoms with van der Waals surface area (Å²) >= 11 is 0. The van der Waals surface area contributed by atoms with Crippen LogP contribution in [0.5, 0.6) is 0 Å². The Bertz CT molecular complexity index is 374. The molecule has 0 fully saturated rings. The SMILES string of the molecule is Cc1ccc2c(c1)C(C(N)=O)OCC2. The third-order valence-electron chi connectivity index (χ3n) is 2.50. The zero-order chi connectivity index (χ0) is 10.1. The lowest BCUT2D eigenvalue weighted by molar-refractivity contribution is -0.130. The molecule has 0 bridgehead atoms. The van der Waals surface area contributed by atoms with Gasteiger partial charge in [0.1, 0.15) is 0 Å². The number of amides is 1. The second-order valence-electron chi connectivity index (χ2n) is 3.61. The highest BCUT2D eigenvalue weighted by molar-refractivity contribution is 5.81. The molecule has 1 aromatic carbocycles. The summed E-state index contributed by atoms with van der Waals surface area (Å²) in [5.41, 5.74) is 8.50. The van der Waals surface area contributed by atoms with Crippen LogP contribution in [0, 0.1) is 6.92 Å². The number of rotatable bonds is 1. The van der Waals surface area contributed by atoms with Crippen molar-refractivity contribution in [2.75, 3.05) is 6.61 Å². The quantitative estimate of drug-likeness (QED) is 0.722. The molecule has 3 nitrogen and oxygen atoms in total. The topological polar surface area (TPSA) is 52.3 Å². The molecule has 0 aliphatic carbocycles. The second-order valence-corrected chi connectivity index (χ2v) is 3.61. The summed E-state index contributed by atoms with van der Waals surface area (Å²) in [5, 5.41) is 0. The molecule has 1 aliphatic rings. The van der Waals surface area contributed by atoms with Crippen LogP contribution in [0.15, 0.2) is 18.2 Å². The molecule has 1 heterocycles. The molecule has 1 amide bonds. The Labute approximate surface area is 82.9 Å². The summed E-state index contributed by atoms with van der Waals surface area (Å²) in [4.78, 5) is 11.1. The van der Waals surface area contributed by atoms with Gasteiger partial charge in [-0.3, -0.25) is 4.79 Å². The van der Waals surface area contributed by atoms with E-state index in [1.54, 1.807) is 0 Å². The smallest absolute Gasteiger partial charge is 0.251 e. The molecule has 1 aromatic rings. The first-order valence-corrected chi connectivity index (χ1v) is 4.69. The van der Waals surface area contributed by atoms with Crippen LogP contribution in [0.2, 0.25) is 0 Å². The molecule has 1 unspecified atom stereocenters. The average Bonchev–Trinajstić information content (AvgIpc) is 2.16. The Morgan fingerprint density at radius 1 is 1.57 bits per heavy atom. The molecule has 14 heavy (non-hydrogen) atoms. The van der Waals surface area contributed by atoms with E-state index in [1.807, 2.05) is 25.1 Å². The fourth-order valence-electron chi connectivity index (χ4n) is 1.80. The van der Waals surface area contributed by atoms with Crippen LogP contribution in [0.25, 0.3) is 0 Å². The van der Waals surface area contributed by atoms with Crippen LogP contribution in [-0.4, -0.2) is 12.5 Å². The van der Waals surface area contributed by atoms with Gasteiger partial charge in [-0.2, -0.15) is 0 Å². The van der Waals surface area contributed by atoms with Crippen molar-refractivity contribution in [2.45, 2.75) is 19.4 Å². The monoisotopic (exact) mass is 191 g/mol. The molecular formula is C11H13NO2. The first-order chi connectivity index (χ1) is 6.68. The summed E-state index contributed by atoms with van der Waals surface area (Å²) in [5.74, 6) is -0.406. The maximum atomic E-state index is 11.1. The highest BCUT2D eigenvalue weighted by atomic mass is 16.5. The number of hydrogen-bond donors (Lipinski definition) is 1. The minimum atomic E-state index is -0.557. The zero-order valence-corrected chi connectivity index (χ0v) is 8.12. The predicted octanol–water partition coefficient (Wildman–Crippen LogP) is 1.09. The van der Waals surface area contributed by atoms with Crippen molar-refractivity contribution in [2.24, 2.45) is 5.73 Å². The second kappa shape index (κ2) is 3.42. The maximum Gasteiger partial charge on any atom is 0.251 e. The van der Waals surface area contributed by atoms with Gasteiger partial charge in [0.2, 0.25) is 0 Å². The van der Waals surface area contributed by atoms with Crippen molar-refractivity contribution < 1.29 is 9.53 Å². The lowest BCUT2D eigenvalue weighted by atomic mass is 9.95. The van der Waals surface area contributed by atoms with Crippen molar-refractivity contribution in [3.63, 3.8) is 0 Å². The third kappa shape index (κ3) is 1.51. The third-order valence-corrected chi connectivity index (χ3v) is 2.50. The van der Waals surface area contributed by atoms with Gasteiger partial charge in [0.25, 0.3) is 5.91 Å². The van der Waals surface area contributed by atoms with Gasteiger partial charge in [-0.25, -0.2) is 0 Å². The minimum absolute atomic E-state index is 0.406. The molecule has 1 atom stereocenters. The minimum Gasteiger partial charge on any atom is -0.367 e. The van der Waals surface area contributed by atoms with Crippen molar-refractivity contribution in [1.29, 1.82) is 0 Å². The van der Waals surface area contributed by atoms with Crippen molar-refractivity contribution >= 4 is 5.91 Å². The summed E-state index contributed by atoms with van der Waals surface area (Å²) in [6.45, 7) is 2.57. The lowest BCUT2D eigenvalue weighted by Gasteiger charge is -2.23. The predicted molar refractivity (Wildman–Crippen MR) is 52.8 cm³/mol. The summed E-state index contributed by atoms with van der Waals surface area (Å²) in [7, 11) is 0. The largest absolute Gasteiger partial charge is 0.367 e. The van der Waals surface area contributed by atoms with Crippen molar-refractivity contribution in [3.8, 4) is 0 Å². The zero-order valence-electron chi connectivity index (χ0n) is 8.12. The van der Waals surface area contributed by atoms with Gasteiger partial charge < -0.3 is 10.5 Å². The summed E-state index contributed by atoms with van der Waals surface area (Å²) in [6.07, 6.45) is 0.304. The molecule has 0 radical (unpaired) electrons. The number of carbonyl (C=O) groups is 1. The van der Waals surface area contributed by atoms with E-state index in [0.717, 1.165) is 17.5 Å². The van der Waals surface area contributed by atoms with Crippen molar-refractivity contribution in [3.05, 3.63) is 34.9 Å². The van der Waals surface area contributed by atoms with E-state index in [0.29, 0.717) is 6.61 Å². The Hall–Kier alpha value is -1.35. The van der Waals surface area contributed by atoms with Gasteiger partial charge in [-0.05, 0) is 24.5 Å². The van der Waals surface area contributed by atoms with Gasteiger partial charge in [0.15, 0.2) is 6.10 Å². The van der Waals surface area contributed by atoms with Crippen LogP contribution < -0.4 is 5.73 Å². The number of nitrogens with two attached hydrogens (primary N) is 1. The molecule has 0 saturated carbocycles. The van der Waals surface area contributed by atoms with Crippen LogP contribution in [0.1, 0.15) is 22.8 Å². The first kappa shape index (κ1) is 9.21. The first-order valence-electron chi connectivity index (χ1n) is 4.69. The number of ether oxygens (including phenoxy) is 1. The molecule has 1 aliphatic heterocycles. The van der Waals surface area contributed by atoms with Gasteiger partial charge in [-0.15, -0.1) is 0 Å². The standard InChI is InChI=1S/C11H13NO2/c1-7-2-3-8-4-5-14-10(11(12)13)9(8)6-7/h2-3,6,10H,4-5H2,1H3,(H2,12,13). The summed E-state index contributed by atoms with van der Waals surface area (Å²) < 4.78 is 5.35. The summed E-state index contributed by atoms with van der Waals surface area (Å²) in [6, 6.07) is 6.06. The maximum absolute atomic E-state index is 11.1. The van der Waals surface area contributed by atoms with E-state index >= 15 is 0 Å². The number of benzene rings is 1. The highest BCUT2D eigenvalue weighted by Gasteiger charge is 2.25.